The second-order valence-corrected chi connectivity index (χ2v) is 9.23. The third kappa shape index (κ3) is 4.91. The summed E-state index contributed by atoms with van der Waals surface area (Å²) in [6.07, 6.45) is 1.72. The number of nitrogens with zero attached hydrogens (tertiary/aromatic N) is 3. The molecule has 10 heteroatoms. The summed E-state index contributed by atoms with van der Waals surface area (Å²) in [5.41, 5.74) is 0.854. The number of rotatable bonds is 7. The maximum Gasteiger partial charge on any atom is 0.234 e. The van der Waals surface area contributed by atoms with Crippen LogP contribution in [0, 0.1) is 5.82 Å². The Kier molecular flexibility index (Phi) is 6.59. The first-order valence-electron chi connectivity index (χ1n) is 9.06. The number of amides is 1. The molecular formula is C21H15Br2FN4O2S. The molecule has 0 unspecified atom stereocenters. The number of fused-ring (bicyclic) bond motifs is 1. The van der Waals surface area contributed by atoms with Gasteiger partial charge in [-0.15, -0.1) is 16.8 Å². The Hall–Kier alpha value is -2.43. The van der Waals surface area contributed by atoms with Crippen LogP contribution in [0.3, 0.4) is 0 Å². The van der Waals surface area contributed by atoms with Gasteiger partial charge >= 0.3 is 0 Å². The molecule has 0 atom stereocenters. The highest BCUT2D eigenvalue weighted by atomic mass is 79.9. The van der Waals surface area contributed by atoms with E-state index in [1.165, 1.54) is 23.9 Å². The molecule has 1 N–H and O–H groups in total. The predicted octanol–water partition coefficient (Wildman–Crippen LogP) is 6.27. The average Bonchev–Trinajstić information content (AvgIpc) is 3.32. The molecule has 31 heavy (non-hydrogen) atoms. The van der Waals surface area contributed by atoms with Gasteiger partial charge in [0.05, 0.1) is 11.4 Å². The highest BCUT2D eigenvalue weighted by molar-refractivity contribution is 9.10. The number of carbonyl (C=O) groups is 1. The number of hydrogen-bond acceptors (Lipinski definition) is 5. The molecule has 0 bridgehead atoms. The summed E-state index contributed by atoms with van der Waals surface area (Å²) in [5.74, 6) is 0.276. The minimum Gasteiger partial charge on any atom is -0.453 e. The molecule has 2 aromatic carbocycles. The maximum absolute atomic E-state index is 13.9. The minimum absolute atomic E-state index is 0.0395. The number of benzene rings is 2. The van der Waals surface area contributed by atoms with E-state index in [2.05, 4.69) is 54.0 Å². The second-order valence-electron chi connectivity index (χ2n) is 6.46. The van der Waals surface area contributed by atoms with E-state index in [0.29, 0.717) is 27.8 Å². The first kappa shape index (κ1) is 21.8. The Morgan fingerprint density at radius 2 is 1.97 bits per heavy atom. The number of halogens is 3. The molecule has 4 aromatic rings. The van der Waals surface area contributed by atoms with Crippen LogP contribution >= 0.6 is 43.6 Å². The van der Waals surface area contributed by atoms with E-state index in [1.807, 2.05) is 28.8 Å². The monoisotopic (exact) mass is 564 g/mol. The van der Waals surface area contributed by atoms with Gasteiger partial charge in [-0.1, -0.05) is 49.7 Å². The molecule has 2 heterocycles. The van der Waals surface area contributed by atoms with Crippen LogP contribution in [0.15, 0.2) is 73.6 Å². The van der Waals surface area contributed by atoms with Gasteiger partial charge in [0.2, 0.25) is 11.7 Å². The van der Waals surface area contributed by atoms with Gasteiger partial charge < -0.3 is 9.73 Å². The second kappa shape index (κ2) is 9.37. The highest BCUT2D eigenvalue weighted by Crippen LogP contribution is 2.31. The lowest BCUT2D eigenvalue weighted by Crippen LogP contribution is -2.15. The summed E-state index contributed by atoms with van der Waals surface area (Å²) < 4.78 is 23.2. The van der Waals surface area contributed by atoms with Gasteiger partial charge in [-0.25, -0.2) is 4.39 Å². The maximum atomic E-state index is 13.9. The van der Waals surface area contributed by atoms with E-state index < -0.39 is 5.82 Å². The summed E-state index contributed by atoms with van der Waals surface area (Å²) in [4.78, 5) is 12.3. The summed E-state index contributed by atoms with van der Waals surface area (Å²) >= 11 is 7.84. The fraction of sp³-hybridized carbons (Fsp3) is 0.0952. The Morgan fingerprint density at radius 1 is 1.19 bits per heavy atom. The lowest BCUT2D eigenvalue weighted by molar-refractivity contribution is -0.113. The van der Waals surface area contributed by atoms with Gasteiger partial charge in [-0.2, -0.15) is 0 Å². The molecule has 2 aromatic heterocycles. The zero-order valence-corrected chi connectivity index (χ0v) is 19.9. The van der Waals surface area contributed by atoms with E-state index in [-0.39, 0.29) is 17.3 Å². The molecule has 158 valence electrons. The van der Waals surface area contributed by atoms with Crippen molar-refractivity contribution in [2.45, 2.75) is 11.7 Å². The van der Waals surface area contributed by atoms with Crippen molar-refractivity contribution in [3.8, 4) is 11.6 Å². The number of allylic oxidation sites excluding steroid dienone is 1. The summed E-state index contributed by atoms with van der Waals surface area (Å²) in [7, 11) is 0. The van der Waals surface area contributed by atoms with Crippen molar-refractivity contribution in [1.29, 1.82) is 0 Å². The Bertz CT molecular complexity index is 1290. The van der Waals surface area contributed by atoms with Crippen LogP contribution in [0.25, 0.3) is 22.6 Å². The van der Waals surface area contributed by atoms with E-state index in [9.17, 15) is 9.18 Å². The predicted molar refractivity (Wildman–Crippen MR) is 127 cm³/mol. The van der Waals surface area contributed by atoms with Crippen LogP contribution in [0.2, 0.25) is 0 Å². The molecule has 0 spiro atoms. The molecule has 1 amide bonds. The van der Waals surface area contributed by atoms with Crippen LogP contribution in [0.1, 0.15) is 0 Å². The number of thioether (sulfide) groups is 1. The van der Waals surface area contributed by atoms with Crippen LogP contribution in [-0.4, -0.2) is 26.4 Å². The number of aromatic nitrogens is 3. The molecule has 0 aliphatic heterocycles. The summed E-state index contributed by atoms with van der Waals surface area (Å²) in [6.45, 7) is 4.23. The molecule has 0 fully saturated rings. The van der Waals surface area contributed by atoms with E-state index in [4.69, 9.17) is 4.42 Å². The van der Waals surface area contributed by atoms with Gasteiger partial charge in [0.1, 0.15) is 11.4 Å². The van der Waals surface area contributed by atoms with Crippen molar-refractivity contribution >= 4 is 66.2 Å². The number of hydrogen-bond donors (Lipinski definition) is 1. The lowest BCUT2D eigenvalue weighted by atomic mass is 10.2. The molecule has 6 nitrogen and oxygen atoms in total. The van der Waals surface area contributed by atoms with Gasteiger partial charge in [0.15, 0.2) is 10.9 Å². The van der Waals surface area contributed by atoms with Gasteiger partial charge in [-0.05, 0) is 42.5 Å². The van der Waals surface area contributed by atoms with E-state index >= 15 is 0 Å². The van der Waals surface area contributed by atoms with E-state index in [1.54, 1.807) is 12.1 Å². The highest BCUT2D eigenvalue weighted by Gasteiger charge is 2.18. The summed E-state index contributed by atoms with van der Waals surface area (Å²) in [5, 5.41) is 12.5. The average molecular weight is 566 g/mol. The molecule has 0 aliphatic carbocycles. The van der Waals surface area contributed by atoms with Crippen LogP contribution in [0.5, 0.6) is 0 Å². The normalized spacial score (nSPS) is 11.1. The van der Waals surface area contributed by atoms with Crippen LogP contribution < -0.4 is 5.32 Å². The van der Waals surface area contributed by atoms with Crippen molar-refractivity contribution in [2.24, 2.45) is 0 Å². The third-order valence-electron chi connectivity index (χ3n) is 4.26. The van der Waals surface area contributed by atoms with Crippen molar-refractivity contribution in [3.63, 3.8) is 0 Å². The Labute approximate surface area is 198 Å². The minimum atomic E-state index is -0.513. The first-order valence-corrected chi connectivity index (χ1v) is 11.6. The number of carbonyl (C=O) groups excluding carboxylic acids is 1. The Balaban J connectivity index is 1.52. The smallest absolute Gasteiger partial charge is 0.234 e. The standard InChI is InChI=1S/C21H15Br2FN4O2S/c1-2-7-28-20(18-9-12-8-13(22)4-6-17(12)30-18)26-27-21(28)31-11-19(29)25-16-5-3-14(23)10-15(16)24/h2-6,8-10H,1,7,11H2,(H,25,29). The van der Waals surface area contributed by atoms with Gasteiger partial charge in [-0.3, -0.25) is 9.36 Å². The topological polar surface area (TPSA) is 73.0 Å². The fourth-order valence-corrected chi connectivity index (χ4v) is 4.36. The summed E-state index contributed by atoms with van der Waals surface area (Å²) in [6, 6.07) is 12.1. The van der Waals surface area contributed by atoms with Crippen molar-refractivity contribution in [2.75, 3.05) is 11.1 Å². The molecule has 0 aliphatic rings. The molecule has 0 saturated heterocycles. The number of furan rings is 1. The largest absolute Gasteiger partial charge is 0.453 e. The zero-order valence-electron chi connectivity index (χ0n) is 15.9. The van der Waals surface area contributed by atoms with Crippen molar-refractivity contribution < 1.29 is 13.6 Å². The van der Waals surface area contributed by atoms with Crippen LogP contribution in [-0.2, 0) is 11.3 Å². The van der Waals surface area contributed by atoms with Gasteiger partial charge in [0, 0.05) is 20.9 Å². The molecular weight excluding hydrogens is 551 g/mol. The zero-order chi connectivity index (χ0) is 22.0. The lowest BCUT2D eigenvalue weighted by Gasteiger charge is -2.08. The molecule has 0 radical (unpaired) electrons. The quantitative estimate of drug-likeness (QED) is 0.211. The van der Waals surface area contributed by atoms with Crippen molar-refractivity contribution in [1.82, 2.24) is 14.8 Å². The number of nitrogens with one attached hydrogen (secondary N) is 1. The molecule has 4 rings (SSSR count). The van der Waals surface area contributed by atoms with Crippen LogP contribution in [0.4, 0.5) is 10.1 Å². The SMILES string of the molecule is C=CCn1c(SCC(=O)Nc2ccc(Br)cc2F)nnc1-c1cc2cc(Br)ccc2o1. The van der Waals surface area contributed by atoms with Gasteiger partial charge in [0.25, 0.3) is 0 Å². The Morgan fingerprint density at radius 3 is 2.74 bits per heavy atom. The first-order chi connectivity index (χ1) is 14.9. The van der Waals surface area contributed by atoms with Crippen molar-refractivity contribution in [3.05, 3.63) is 69.9 Å². The number of anilines is 1. The van der Waals surface area contributed by atoms with E-state index in [0.717, 1.165) is 15.4 Å². The third-order valence-corrected chi connectivity index (χ3v) is 6.22. The molecule has 0 saturated carbocycles. The fourth-order valence-electron chi connectivity index (χ4n) is 2.90.